The Labute approximate surface area is 89.9 Å². The molecule has 0 aromatic heterocycles. The van der Waals surface area contributed by atoms with Crippen LogP contribution in [0.1, 0.15) is 39.0 Å². The minimum atomic E-state index is -3.46. The quantitative estimate of drug-likeness (QED) is 0.751. The first-order chi connectivity index (χ1) is 6.93. The fourth-order valence-electron chi connectivity index (χ4n) is 1.77. The van der Waals surface area contributed by atoms with Crippen LogP contribution in [0.25, 0.3) is 0 Å². The van der Waals surface area contributed by atoms with Gasteiger partial charge in [-0.2, -0.15) is 0 Å². The van der Waals surface area contributed by atoms with Gasteiger partial charge in [-0.25, -0.2) is 13.1 Å². The molecule has 1 atom stereocenters. The molecule has 1 saturated carbocycles. The maximum Gasteiger partial charge on any atom is 0.321 e. The van der Waals surface area contributed by atoms with Gasteiger partial charge in [0.05, 0.1) is 5.25 Å². The van der Waals surface area contributed by atoms with E-state index in [0.29, 0.717) is 12.8 Å². The largest absolute Gasteiger partial charge is 0.480 e. The third-order valence-corrected chi connectivity index (χ3v) is 4.73. The lowest BCUT2D eigenvalue weighted by atomic mass is 10.0. The van der Waals surface area contributed by atoms with Gasteiger partial charge in [0.2, 0.25) is 10.0 Å². The Bertz CT molecular complexity index is 319. The van der Waals surface area contributed by atoms with Gasteiger partial charge >= 0.3 is 5.97 Å². The van der Waals surface area contributed by atoms with E-state index in [1.54, 1.807) is 0 Å². The number of carboxylic acids is 1. The normalized spacial score (nSPS) is 21.1. The Morgan fingerprint density at radius 3 is 2.33 bits per heavy atom. The van der Waals surface area contributed by atoms with Crippen molar-refractivity contribution in [1.82, 2.24) is 4.72 Å². The van der Waals surface area contributed by atoms with Crippen molar-refractivity contribution < 1.29 is 18.3 Å². The van der Waals surface area contributed by atoms with Crippen LogP contribution in [0.15, 0.2) is 0 Å². The molecule has 0 saturated heterocycles. The van der Waals surface area contributed by atoms with Gasteiger partial charge in [0.25, 0.3) is 0 Å². The highest BCUT2D eigenvalue weighted by atomic mass is 32.2. The van der Waals surface area contributed by atoms with Crippen LogP contribution in [0.2, 0.25) is 0 Å². The highest BCUT2D eigenvalue weighted by Gasteiger charge is 2.29. The highest BCUT2D eigenvalue weighted by Crippen LogP contribution is 2.23. The minimum absolute atomic E-state index is 0.409. The van der Waals surface area contributed by atoms with E-state index in [1.165, 1.54) is 6.92 Å². The molecule has 2 N–H and O–H groups in total. The van der Waals surface area contributed by atoms with Gasteiger partial charge in [-0.05, 0) is 19.8 Å². The summed E-state index contributed by atoms with van der Waals surface area (Å²) in [5.41, 5.74) is 0. The summed E-state index contributed by atoms with van der Waals surface area (Å²) in [7, 11) is -3.46. The highest BCUT2D eigenvalue weighted by molar-refractivity contribution is 7.90. The molecule has 0 radical (unpaired) electrons. The topological polar surface area (TPSA) is 83.5 Å². The number of hydrogen-bond acceptors (Lipinski definition) is 3. The second kappa shape index (κ2) is 4.94. The summed E-state index contributed by atoms with van der Waals surface area (Å²) in [6, 6.07) is -1.04. The molecule has 0 spiro atoms. The maximum atomic E-state index is 11.7. The number of nitrogens with one attached hydrogen (secondary N) is 1. The third-order valence-electron chi connectivity index (χ3n) is 2.70. The van der Waals surface area contributed by atoms with Crippen LogP contribution in [0.4, 0.5) is 0 Å². The fourth-order valence-corrected chi connectivity index (χ4v) is 3.51. The van der Waals surface area contributed by atoms with Crippen LogP contribution in [-0.2, 0) is 14.8 Å². The summed E-state index contributed by atoms with van der Waals surface area (Å²) in [6.07, 6.45) is 4.17. The number of carbonyl (C=O) groups is 1. The van der Waals surface area contributed by atoms with E-state index in [2.05, 4.69) is 4.72 Å². The maximum absolute atomic E-state index is 11.7. The summed E-state index contributed by atoms with van der Waals surface area (Å²) in [4.78, 5) is 10.5. The molecule has 0 heterocycles. The molecular weight excluding hydrogens is 218 g/mol. The number of rotatable bonds is 4. The van der Waals surface area contributed by atoms with Gasteiger partial charge in [0.15, 0.2) is 0 Å². The van der Waals surface area contributed by atoms with E-state index in [-0.39, 0.29) is 0 Å². The van der Waals surface area contributed by atoms with Gasteiger partial charge in [0, 0.05) is 0 Å². The van der Waals surface area contributed by atoms with E-state index in [0.717, 1.165) is 19.3 Å². The Morgan fingerprint density at radius 2 is 1.87 bits per heavy atom. The lowest BCUT2D eigenvalue weighted by Gasteiger charge is -2.23. The summed E-state index contributed by atoms with van der Waals surface area (Å²) in [6.45, 7) is 1.34. The lowest BCUT2D eigenvalue weighted by Crippen LogP contribution is -2.43. The molecular formula is C9H17NO4S. The minimum Gasteiger partial charge on any atom is -0.480 e. The van der Waals surface area contributed by atoms with Crippen LogP contribution in [0.3, 0.4) is 0 Å². The summed E-state index contributed by atoms with van der Waals surface area (Å²) in [5.74, 6) is -1.14. The smallest absolute Gasteiger partial charge is 0.321 e. The van der Waals surface area contributed by atoms with Crippen molar-refractivity contribution in [2.75, 3.05) is 0 Å². The van der Waals surface area contributed by atoms with E-state index in [1.807, 2.05) is 0 Å². The zero-order chi connectivity index (χ0) is 11.5. The summed E-state index contributed by atoms with van der Waals surface area (Å²) < 4.78 is 25.7. The third kappa shape index (κ3) is 3.46. The average molecular weight is 235 g/mol. The first-order valence-electron chi connectivity index (χ1n) is 5.17. The molecule has 15 heavy (non-hydrogen) atoms. The van der Waals surface area contributed by atoms with Crippen molar-refractivity contribution in [3.8, 4) is 0 Å². The molecule has 88 valence electrons. The SMILES string of the molecule is CC(NS(=O)(=O)C1CCCCC1)C(=O)O. The molecule has 0 bridgehead atoms. The summed E-state index contributed by atoms with van der Waals surface area (Å²) in [5, 5.41) is 8.21. The number of carboxylic acid groups (broad SMARTS) is 1. The van der Waals surface area contributed by atoms with E-state index in [9.17, 15) is 13.2 Å². The van der Waals surface area contributed by atoms with Gasteiger partial charge in [0.1, 0.15) is 6.04 Å². The van der Waals surface area contributed by atoms with Crippen LogP contribution in [0.5, 0.6) is 0 Å². The molecule has 6 heteroatoms. The van der Waals surface area contributed by atoms with Crippen molar-refractivity contribution in [1.29, 1.82) is 0 Å². The molecule has 0 aromatic rings. The predicted octanol–water partition coefficient (Wildman–Crippen LogP) is 0.712. The van der Waals surface area contributed by atoms with Gasteiger partial charge in [-0.3, -0.25) is 4.79 Å². The number of sulfonamides is 1. The Hall–Kier alpha value is -0.620. The molecule has 1 aliphatic rings. The molecule has 0 amide bonds. The van der Waals surface area contributed by atoms with Crippen LogP contribution < -0.4 is 4.72 Å². The second-order valence-corrected chi connectivity index (χ2v) is 5.98. The second-order valence-electron chi connectivity index (χ2n) is 3.98. The van der Waals surface area contributed by atoms with Crippen molar-refractivity contribution in [2.24, 2.45) is 0 Å². The molecule has 1 aliphatic carbocycles. The van der Waals surface area contributed by atoms with E-state index >= 15 is 0 Å². The molecule has 0 aromatic carbocycles. The van der Waals surface area contributed by atoms with Gasteiger partial charge in [-0.1, -0.05) is 19.3 Å². The van der Waals surface area contributed by atoms with Crippen molar-refractivity contribution in [3.63, 3.8) is 0 Å². The standard InChI is InChI=1S/C9H17NO4S/c1-7(9(11)12)10-15(13,14)8-5-3-2-4-6-8/h7-8,10H,2-6H2,1H3,(H,11,12). The zero-order valence-electron chi connectivity index (χ0n) is 8.77. The van der Waals surface area contributed by atoms with Gasteiger partial charge < -0.3 is 5.11 Å². The van der Waals surface area contributed by atoms with Crippen molar-refractivity contribution in [2.45, 2.75) is 50.3 Å². The van der Waals surface area contributed by atoms with E-state index < -0.39 is 27.3 Å². The monoisotopic (exact) mass is 235 g/mol. The summed E-state index contributed by atoms with van der Waals surface area (Å²) >= 11 is 0. The molecule has 5 nitrogen and oxygen atoms in total. The van der Waals surface area contributed by atoms with Crippen LogP contribution in [-0.4, -0.2) is 30.8 Å². The van der Waals surface area contributed by atoms with Crippen molar-refractivity contribution >= 4 is 16.0 Å². The lowest BCUT2D eigenvalue weighted by molar-refractivity contribution is -0.138. The molecule has 0 aliphatic heterocycles. The Morgan fingerprint density at radius 1 is 1.33 bits per heavy atom. The fraction of sp³-hybridized carbons (Fsp3) is 0.889. The predicted molar refractivity (Wildman–Crippen MR) is 56.0 cm³/mol. The first-order valence-corrected chi connectivity index (χ1v) is 6.72. The number of hydrogen-bond donors (Lipinski definition) is 2. The Balaban J connectivity index is 2.61. The van der Waals surface area contributed by atoms with Crippen molar-refractivity contribution in [3.05, 3.63) is 0 Å². The zero-order valence-corrected chi connectivity index (χ0v) is 9.59. The van der Waals surface area contributed by atoms with Crippen LogP contribution >= 0.6 is 0 Å². The van der Waals surface area contributed by atoms with Gasteiger partial charge in [-0.15, -0.1) is 0 Å². The molecule has 1 rings (SSSR count). The molecule has 1 fully saturated rings. The number of aliphatic carboxylic acids is 1. The van der Waals surface area contributed by atoms with E-state index in [4.69, 9.17) is 5.11 Å². The average Bonchev–Trinajstić information content (AvgIpc) is 2.18. The first kappa shape index (κ1) is 12.4. The molecule has 1 unspecified atom stereocenters. The van der Waals surface area contributed by atoms with Crippen LogP contribution in [0, 0.1) is 0 Å². The Kier molecular flexibility index (Phi) is 4.10.